The first-order chi connectivity index (χ1) is 64.0. The Hall–Kier alpha value is -15.4. The number of nitrogens with zero attached hydrogens (tertiary/aromatic N) is 9. The highest BCUT2D eigenvalue weighted by Crippen LogP contribution is 2.61. The Bertz CT molecular complexity index is 8970. The van der Waals surface area contributed by atoms with Crippen molar-refractivity contribution in [3.05, 3.63) is 415 Å². The lowest BCUT2D eigenvalue weighted by atomic mass is 9.80. The maximum Gasteiger partial charge on any atom is 0.235 e. The molecule has 8 aromatic heterocycles. The van der Waals surface area contributed by atoms with Crippen molar-refractivity contribution >= 4 is 128 Å². The third-order valence-electron chi connectivity index (χ3n) is 28.8. The quantitative estimate of drug-likeness (QED) is 0.158. The van der Waals surface area contributed by atoms with Gasteiger partial charge in [0.2, 0.25) is 17.8 Å². The van der Waals surface area contributed by atoms with Gasteiger partial charge in [0, 0.05) is 128 Å². The van der Waals surface area contributed by atoms with Crippen molar-refractivity contribution in [3.8, 4) is 108 Å². The maximum atomic E-state index is 5.48. The number of hydrogen-bond donors (Lipinski definition) is 0. The third-order valence-corrected chi connectivity index (χ3v) is 31.0. The minimum atomic E-state index is -0.198. The fourth-order valence-electron chi connectivity index (χ4n) is 22.8. The van der Waals surface area contributed by atoms with Crippen LogP contribution in [0.4, 0.5) is 0 Å². The Labute approximate surface area is 765 Å². The highest BCUT2D eigenvalue weighted by molar-refractivity contribution is 7.26. The first-order valence-corrected chi connectivity index (χ1v) is 46.9. The van der Waals surface area contributed by atoms with E-state index in [9.17, 15) is 0 Å². The molecule has 0 saturated heterocycles. The molecule has 9 nitrogen and oxygen atoms in total. The number of hydrogen-bond acceptors (Lipinski definition) is 8. The fraction of sp³-hybridized carbons (Fsp3) is 0.100. The predicted molar refractivity (Wildman–Crippen MR) is 547 cm³/mol. The first kappa shape index (κ1) is 76.8. The Kier molecular flexibility index (Phi) is 16.7. The van der Waals surface area contributed by atoms with Gasteiger partial charge in [0.15, 0.2) is 0 Å². The zero-order valence-electron chi connectivity index (χ0n) is 73.6. The van der Waals surface area contributed by atoms with Crippen molar-refractivity contribution in [2.24, 2.45) is 0 Å². The van der Waals surface area contributed by atoms with Gasteiger partial charge in [-0.05, 0) is 140 Å². The van der Waals surface area contributed by atoms with Crippen LogP contribution in [0.2, 0.25) is 0 Å². The average Bonchev–Trinajstić information content (AvgIpc) is 1.52. The second-order valence-electron chi connectivity index (χ2n) is 37.5. The fourth-order valence-corrected chi connectivity index (χ4v) is 25.0. The minimum Gasteiger partial charge on any atom is -0.278 e. The molecule has 0 fully saturated rings. The van der Waals surface area contributed by atoms with E-state index in [0.717, 1.165) is 83.1 Å². The van der Waals surface area contributed by atoms with E-state index in [4.69, 9.17) is 29.9 Å². The van der Waals surface area contributed by atoms with Crippen molar-refractivity contribution in [3.63, 3.8) is 0 Å². The zero-order valence-corrected chi connectivity index (χ0v) is 75.2. The maximum absolute atomic E-state index is 5.48. The molecule has 8 heterocycles. The van der Waals surface area contributed by atoms with Gasteiger partial charge in [-0.25, -0.2) is 29.9 Å². The summed E-state index contributed by atoms with van der Waals surface area (Å²) in [5, 5.41) is 12.3. The molecular formula is C120H85N9S2. The molecule has 4 aliphatic rings. The molecule has 24 aromatic rings. The van der Waals surface area contributed by atoms with Gasteiger partial charge in [-0.15, -0.1) is 22.7 Å². The molecule has 131 heavy (non-hydrogen) atoms. The first-order valence-electron chi connectivity index (χ1n) is 45.2. The van der Waals surface area contributed by atoms with Gasteiger partial charge < -0.3 is 0 Å². The molecule has 0 bridgehead atoms. The zero-order chi connectivity index (χ0) is 87.7. The van der Waals surface area contributed by atoms with Crippen LogP contribution >= 0.6 is 22.7 Å². The molecule has 11 heteroatoms. The van der Waals surface area contributed by atoms with Crippen molar-refractivity contribution < 1.29 is 0 Å². The molecule has 0 amide bonds. The molecule has 28 rings (SSSR count). The lowest BCUT2D eigenvalue weighted by Gasteiger charge is -2.23. The van der Waals surface area contributed by atoms with E-state index in [1.54, 1.807) is 0 Å². The van der Waals surface area contributed by atoms with Crippen LogP contribution in [-0.4, -0.2) is 43.6 Å². The molecule has 4 aliphatic carbocycles. The van der Waals surface area contributed by atoms with Crippen LogP contribution in [0.15, 0.2) is 370 Å². The Morgan fingerprint density at radius 2 is 0.550 bits per heavy atom. The van der Waals surface area contributed by atoms with Crippen LogP contribution in [0, 0.1) is 0 Å². The summed E-state index contributed by atoms with van der Waals surface area (Å²) in [4.78, 5) is 32.1. The predicted octanol–water partition coefficient (Wildman–Crippen LogP) is 31.4. The van der Waals surface area contributed by atoms with Gasteiger partial charge in [-0.1, -0.05) is 353 Å². The lowest BCUT2D eigenvalue weighted by Crippen LogP contribution is -2.16. The molecule has 0 radical (unpaired) electrons. The van der Waals surface area contributed by atoms with Crippen LogP contribution < -0.4 is 0 Å². The molecular weight excluding hydrogens is 1630 g/mol. The van der Waals surface area contributed by atoms with E-state index in [1.807, 2.05) is 22.7 Å². The van der Waals surface area contributed by atoms with Crippen molar-refractivity contribution in [2.45, 2.75) is 77.0 Å². The molecule has 0 N–H and O–H groups in total. The Morgan fingerprint density at radius 3 is 1.00 bits per heavy atom. The van der Waals surface area contributed by atoms with E-state index in [0.29, 0.717) is 17.8 Å². The van der Waals surface area contributed by atoms with Gasteiger partial charge in [0.1, 0.15) is 0 Å². The number of thiophene rings is 2. The number of fused-ring (bicyclic) bond motifs is 29. The summed E-state index contributed by atoms with van der Waals surface area (Å²) in [7, 11) is 0. The van der Waals surface area contributed by atoms with E-state index < -0.39 is 0 Å². The van der Waals surface area contributed by atoms with Gasteiger partial charge in [-0.2, -0.15) is 0 Å². The third kappa shape index (κ3) is 11.2. The number of para-hydroxylation sites is 2. The van der Waals surface area contributed by atoms with Gasteiger partial charge in [0.05, 0.1) is 67.3 Å². The minimum absolute atomic E-state index is 0.105. The smallest absolute Gasteiger partial charge is 0.235 e. The van der Waals surface area contributed by atoms with E-state index in [1.165, 1.54) is 157 Å². The second kappa shape index (κ2) is 28.5. The average molecular weight is 1720 g/mol. The van der Waals surface area contributed by atoms with Gasteiger partial charge in [-0.3, -0.25) is 13.7 Å². The summed E-state index contributed by atoms with van der Waals surface area (Å²) < 4.78 is 12.3. The van der Waals surface area contributed by atoms with Crippen molar-refractivity contribution in [2.75, 3.05) is 0 Å². The SMILES string of the molecule is CC1(C)c2ccccc2-c2c1c1c3c(ccc1n2-c1nc(-c2ccccc2)c2cc(-c4ccccc4)ccc2n1)sc1ccccc13.CC1(C)c2ccccc2-c2c1c1c3c(ccc1n2-c1nc(-c2ccccc2)c2ccccc2n1)sc1ccccc13.CC1(C)c2ccccc2-c2cc3c4c(n(-c5nc(-c6ccccc6)c6ccccc6n5)c3cc21)-c1ccccc1C4(C)C. The number of aromatic nitrogens is 9. The standard InChI is InChI=1S/C43H29N3S.C40H31N3.C37H25N3S/c1-43(2)32-19-11-9-17-29(32)41-39(43)38-34(23-24-36-37(38)30-18-10-12-20-35(30)47-36)46(41)42-44-33-22-21-28(26-13-5-3-6-14-26)25-31(33)40(45-42)27-15-7-4-8-16-27;1-39(2)30-19-11-8-16-25(30)28-22-29-34(23-32(28)39)43(37-26-17-9-12-20-31(26)40(3,4)35(29)37)38-41-33-21-13-10-18-27(33)36(42-38)24-14-6-5-7-15-24;1-37(2)26-17-9-6-14-23(26)35-33(37)32-28(20-21-30-31(32)25-16-8-11-19-29(25)41-30)40(35)36-38-27-18-10-7-15-24(27)34(39-36)22-12-4-3-5-13-22/h3-25H,1-2H3;5-23H,1-4H3;3-21H,1-2H3. The monoisotopic (exact) mass is 1720 g/mol. The molecule has 0 unspecified atom stereocenters. The Morgan fingerprint density at radius 1 is 0.206 bits per heavy atom. The summed E-state index contributed by atoms with van der Waals surface area (Å²) in [6, 6.07) is 133. The largest absolute Gasteiger partial charge is 0.278 e. The van der Waals surface area contributed by atoms with Crippen molar-refractivity contribution in [1.29, 1.82) is 0 Å². The molecule has 0 spiro atoms. The van der Waals surface area contributed by atoms with Crippen LogP contribution in [-0.2, 0) is 21.7 Å². The summed E-state index contributed by atoms with van der Waals surface area (Å²) in [6.45, 7) is 18.9. The highest BCUT2D eigenvalue weighted by atomic mass is 32.1. The number of rotatable bonds is 7. The topological polar surface area (TPSA) is 92.1 Å². The Balaban J connectivity index is 0.000000103. The summed E-state index contributed by atoms with van der Waals surface area (Å²) in [6.07, 6.45) is 0. The van der Waals surface area contributed by atoms with Crippen molar-refractivity contribution in [1.82, 2.24) is 43.6 Å². The second-order valence-corrected chi connectivity index (χ2v) is 39.7. The normalized spacial score (nSPS) is 14.2. The van der Waals surface area contributed by atoms with Crippen LogP contribution in [0.3, 0.4) is 0 Å². The van der Waals surface area contributed by atoms with Gasteiger partial charge >= 0.3 is 0 Å². The molecule has 0 saturated carbocycles. The lowest BCUT2D eigenvalue weighted by molar-refractivity contribution is 0.660. The molecule has 0 aliphatic heterocycles. The van der Waals surface area contributed by atoms with E-state index in [-0.39, 0.29) is 21.7 Å². The van der Waals surface area contributed by atoms with Crippen LogP contribution in [0.25, 0.3) is 213 Å². The summed E-state index contributed by atoms with van der Waals surface area (Å²) in [5.41, 5.74) is 35.0. The molecule has 0 atom stereocenters. The molecule has 622 valence electrons. The summed E-state index contributed by atoms with van der Waals surface area (Å²) in [5.74, 6) is 2.12. The van der Waals surface area contributed by atoms with E-state index >= 15 is 0 Å². The highest BCUT2D eigenvalue weighted by Gasteiger charge is 2.47. The summed E-state index contributed by atoms with van der Waals surface area (Å²) >= 11 is 3.74. The van der Waals surface area contributed by atoms with Crippen LogP contribution in [0.5, 0.6) is 0 Å². The van der Waals surface area contributed by atoms with E-state index in [2.05, 4.69) is 439 Å². The van der Waals surface area contributed by atoms with Gasteiger partial charge in [0.25, 0.3) is 0 Å². The van der Waals surface area contributed by atoms with Crippen LogP contribution in [0.1, 0.15) is 99.9 Å². The number of benzene rings is 16. The molecule has 16 aromatic carbocycles.